The molecular weight excluding hydrogens is 302 g/mol. The minimum Gasteiger partial charge on any atom is -0.484 e. The summed E-state index contributed by atoms with van der Waals surface area (Å²) in [7, 11) is -3.00. The lowest BCUT2D eigenvalue weighted by atomic mass is 10.1. The predicted octanol–water partition coefficient (Wildman–Crippen LogP) is 1.72. The lowest BCUT2D eigenvalue weighted by Gasteiger charge is -2.26. The van der Waals surface area contributed by atoms with Crippen molar-refractivity contribution in [1.82, 2.24) is 4.90 Å². The zero-order valence-corrected chi connectivity index (χ0v) is 14.1. The Morgan fingerprint density at radius 1 is 1.36 bits per heavy atom. The van der Waals surface area contributed by atoms with Crippen LogP contribution >= 0.6 is 0 Å². The van der Waals surface area contributed by atoms with Crippen molar-refractivity contribution in [2.45, 2.75) is 33.2 Å². The summed E-state index contributed by atoms with van der Waals surface area (Å²) in [5.41, 5.74) is 2.13. The molecule has 1 aliphatic rings. The molecule has 5 nitrogen and oxygen atoms in total. The molecule has 0 N–H and O–H groups in total. The summed E-state index contributed by atoms with van der Waals surface area (Å²) in [6.07, 6.45) is 0.519. The Labute approximate surface area is 132 Å². The first-order chi connectivity index (χ1) is 10.3. The van der Waals surface area contributed by atoms with Crippen molar-refractivity contribution < 1.29 is 17.9 Å². The highest BCUT2D eigenvalue weighted by Gasteiger charge is 2.33. The Morgan fingerprint density at radius 3 is 2.64 bits per heavy atom. The summed E-state index contributed by atoms with van der Waals surface area (Å²) in [5.74, 6) is 0.758. The van der Waals surface area contributed by atoms with Gasteiger partial charge in [0.15, 0.2) is 16.4 Å². The molecule has 22 heavy (non-hydrogen) atoms. The first-order valence-electron chi connectivity index (χ1n) is 7.52. The minimum atomic E-state index is -3.00. The molecule has 1 amide bonds. The summed E-state index contributed by atoms with van der Waals surface area (Å²) >= 11 is 0. The Morgan fingerprint density at radius 2 is 2.09 bits per heavy atom. The smallest absolute Gasteiger partial charge is 0.260 e. The number of rotatable bonds is 5. The van der Waals surface area contributed by atoms with Gasteiger partial charge in [-0.1, -0.05) is 17.7 Å². The molecule has 0 aliphatic carbocycles. The number of likely N-dealkylation sites (N-methyl/N-ethyl adjacent to an activating group) is 1. The van der Waals surface area contributed by atoms with Gasteiger partial charge in [-0.3, -0.25) is 4.79 Å². The van der Waals surface area contributed by atoms with Crippen molar-refractivity contribution >= 4 is 15.7 Å². The number of carbonyl (C=O) groups is 1. The number of amides is 1. The molecule has 1 aromatic rings. The fourth-order valence-corrected chi connectivity index (χ4v) is 4.57. The third-order valence-electron chi connectivity index (χ3n) is 3.99. The molecule has 2 rings (SSSR count). The van der Waals surface area contributed by atoms with Crippen LogP contribution < -0.4 is 4.74 Å². The zero-order valence-electron chi connectivity index (χ0n) is 13.3. The summed E-state index contributed by atoms with van der Waals surface area (Å²) < 4.78 is 28.7. The summed E-state index contributed by atoms with van der Waals surface area (Å²) in [6, 6.07) is 5.58. The van der Waals surface area contributed by atoms with Gasteiger partial charge in [0, 0.05) is 12.6 Å². The van der Waals surface area contributed by atoms with Crippen molar-refractivity contribution in [3.05, 3.63) is 29.3 Å². The van der Waals surface area contributed by atoms with E-state index in [0.29, 0.717) is 18.7 Å². The van der Waals surface area contributed by atoms with E-state index in [2.05, 4.69) is 0 Å². The van der Waals surface area contributed by atoms with Gasteiger partial charge in [-0.05, 0) is 38.8 Å². The van der Waals surface area contributed by atoms with E-state index < -0.39 is 9.84 Å². The Balaban J connectivity index is 1.98. The van der Waals surface area contributed by atoms with Crippen LogP contribution in [0.1, 0.15) is 24.5 Å². The van der Waals surface area contributed by atoms with Gasteiger partial charge in [0.05, 0.1) is 11.5 Å². The maximum absolute atomic E-state index is 12.3. The molecule has 0 aromatic heterocycles. The minimum absolute atomic E-state index is 0.0612. The van der Waals surface area contributed by atoms with Crippen LogP contribution in [-0.2, 0) is 14.6 Å². The first-order valence-corrected chi connectivity index (χ1v) is 9.34. The first kappa shape index (κ1) is 16.8. The topological polar surface area (TPSA) is 63.7 Å². The fraction of sp³-hybridized carbons (Fsp3) is 0.562. The van der Waals surface area contributed by atoms with Crippen molar-refractivity contribution in [2.24, 2.45) is 0 Å². The van der Waals surface area contributed by atoms with Gasteiger partial charge in [-0.15, -0.1) is 0 Å². The van der Waals surface area contributed by atoms with E-state index in [9.17, 15) is 13.2 Å². The molecule has 0 saturated carbocycles. The van der Waals surface area contributed by atoms with Crippen LogP contribution in [0, 0.1) is 13.8 Å². The Bertz CT molecular complexity index is 654. The SMILES string of the molecule is CCN(C(=O)COc1ccc(C)cc1C)[C@H]1CCS(=O)(=O)C1. The Kier molecular flexibility index (Phi) is 5.11. The lowest BCUT2D eigenvalue weighted by molar-refractivity contribution is -0.135. The third kappa shape index (κ3) is 4.00. The molecular formula is C16H23NO4S. The van der Waals surface area contributed by atoms with Gasteiger partial charge in [0.1, 0.15) is 5.75 Å². The van der Waals surface area contributed by atoms with Crippen LogP contribution in [0.5, 0.6) is 5.75 Å². The van der Waals surface area contributed by atoms with Crippen LogP contribution in [0.2, 0.25) is 0 Å². The maximum atomic E-state index is 12.3. The summed E-state index contributed by atoms with van der Waals surface area (Å²) in [6.45, 7) is 6.23. The number of hydrogen-bond donors (Lipinski definition) is 0. The van der Waals surface area contributed by atoms with E-state index in [0.717, 1.165) is 11.1 Å². The highest BCUT2D eigenvalue weighted by atomic mass is 32.2. The van der Waals surface area contributed by atoms with Gasteiger partial charge in [-0.2, -0.15) is 0 Å². The van der Waals surface area contributed by atoms with Gasteiger partial charge in [-0.25, -0.2) is 8.42 Å². The fourth-order valence-electron chi connectivity index (χ4n) is 2.84. The number of sulfone groups is 1. The molecule has 0 bridgehead atoms. The third-order valence-corrected chi connectivity index (χ3v) is 5.74. The van der Waals surface area contributed by atoms with Gasteiger partial charge >= 0.3 is 0 Å². The van der Waals surface area contributed by atoms with Crippen molar-refractivity contribution in [2.75, 3.05) is 24.7 Å². The number of nitrogens with zero attached hydrogens (tertiary/aromatic N) is 1. The molecule has 0 radical (unpaired) electrons. The van der Waals surface area contributed by atoms with Crippen molar-refractivity contribution in [1.29, 1.82) is 0 Å². The van der Waals surface area contributed by atoms with Crippen LogP contribution in [0.4, 0.5) is 0 Å². The number of hydrogen-bond acceptors (Lipinski definition) is 4. The standard InChI is InChI=1S/C16H23NO4S/c1-4-17(14-7-8-22(19,20)11-14)16(18)10-21-15-6-5-12(2)9-13(15)3/h5-6,9,14H,4,7-8,10-11H2,1-3H3/t14-/m0/s1. The van der Waals surface area contributed by atoms with Gasteiger partial charge in [0.2, 0.25) is 0 Å². The normalized spacial score (nSPS) is 19.9. The largest absolute Gasteiger partial charge is 0.484 e. The predicted molar refractivity (Wildman–Crippen MR) is 85.9 cm³/mol. The molecule has 1 heterocycles. The molecule has 6 heteroatoms. The number of aryl methyl sites for hydroxylation is 2. The van der Waals surface area contributed by atoms with Crippen molar-refractivity contribution in [3.63, 3.8) is 0 Å². The number of ether oxygens (including phenoxy) is 1. The van der Waals surface area contributed by atoms with Crippen LogP contribution in [-0.4, -0.2) is 49.9 Å². The lowest BCUT2D eigenvalue weighted by Crippen LogP contribution is -2.43. The van der Waals surface area contributed by atoms with E-state index >= 15 is 0 Å². The second kappa shape index (κ2) is 6.69. The highest BCUT2D eigenvalue weighted by Crippen LogP contribution is 2.20. The second-order valence-electron chi connectivity index (χ2n) is 5.79. The van der Waals surface area contributed by atoms with Gasteiger partial charge < -0.3 is 9.64 Å². The molecule has 1 aliphatic heterocycles. The quantitative estimate of drug-likeness (QED) is 0.827. The zero-order chi connectivity index (χ0) is 16.3. The molecule has 1 aromatic carbocycles. The molecule has 122 valence electrons. The van der Waals surface area contributed by atoms with E-state index in [1.807, 2.05) is 39.0 Å². The summed E-state index contributed by atoms with van der Waals surface area (Å²) in [4.78, 5) is 13.9. The molecule has 0 spiro atoms. The Hall–Kier alpha value is -1.56. The number of carbonyl (C=O) groups excluding carboxylic acids is 1. The highest BCUT2D eigenvalue weighted by molar-refractivity contribution is 7.91. The second-order valence-corrected chi connectivity index (χ2v) is 8.02. The average Bonchev–Trinajstić information content (AvgIpc) is 2.78. The van der Waals surface area contributed by atoms with E-state index in [-0.39, 0.29) is 30.1 Å². The molecule has 1 atom stereocenters. The van der Waals surface area contributed by atoms with E-state index in [1.165, 1.54) is 0 Å². The van der Waals surface area contributed by atoms with Crippen LogP contribution in [0.15, 0.2) is 18.2 Å². The maximum Gasteiger partial charge on any atom is 0.260 e. The number of benzene rings is 1. The summed E-state index contributed by atoms with van der Waals surface area (Å²) in [5, 5.41) is 0. The molecule has 0 unspecified atom stereocenters. The van der Waals surface area contributed by atoms with E-state index in [4.69, 9.17) is 4.74 Å². The molecule has 1 saturated heterocycles. The van der Waals surface area contributed by atoms with Crippen LogP contribution in [0.25, 0.3) is 0 Å². The monoisotopic (exact) mass is 325 g/mol. The van der Waals surface area contributed by atoms with Gasteiger partial charge in [0.25, 0.3) is 5.91 Å². The van der Waals surface area contributed by atoms with Crippen LogP contribution in [0.3, 0.4) is 0 Å². The molecule has 1 fully saturated rings. The van der Waals surface area contributed by atoms with E-state index in [1.54, 1.807) is 4.90 Å². The average molecular weight is 325 g/mol. The van der Waals surface area contributed by atoms with Crippen molar-refractivity contribution in [3.8, 4) is 5.75 Å².